The maximum absolute atomic E-state index is 12.5. The van der Waals surface area contributed by atoms with E-state index in [0.717, 1.165) is 5.56 Å². The molecule has 32 heavy (non-hydrogen) atoms. The quantitative estimate of drug-likeness (QED) is 0.235. The van der Waals surface area contributed by atoms with E-state index in [2.05, 4.69) is 0 Å². The molecule has 0 spiro atoms. The summed E-state index contributed by atoms with van der Waals surface area (Å²) < 4.78 is 26.4. The van der Waals surface area contributed by atoms with Gasteiger partial charge in [0.1, 0.15) is 17.2 Å². The van der Waals surface area contributed by atoms with Gasteiger partial charge in [-0.05, 0) is 66.7 Å². The summed E-state index contributed by atoms with van der Waals surface area (Å²) in [5.41, 5.74) is 1.54. The van der Waals surface area contributed by atoms with E-state index < -0.39 is 5.97 Å². The Balaban J connectivity index is 1.41. The molecule has 3 aromatic rings. The molecule has 0 atom stereocenters. The van der Waals surface area contributed by atoms with Crippen LogP contribution in [0.4, 0.5) is 0 Å². The predicted molar refractivity (Wildman–Crippen MR) is 117 cm³/mol. The number of carbonyl (C=O) groups is 2. The maximum atomic E-state index is 12.5. The van der Waals surface area contributed by atoms with Crippen molar-refractivity contribution in [2.45, 2.75) is 0 Å². The second-order valence-corrected chi connectivity index (χ2v) is 6.79. The number of carbonyl (C=O) groups excluding carboxylic acids is 2. The highest BCUT2D eigenvalue weighted by Crippen LogP contribution is 2.33. The van der Waals surface area contributed by atoms with Crippen LogP contribution in [0.3, 0.4) is 0 Å². The lowest BCUT2D eigenvalue weighted by atomic mass is 10.1. The highest BCUT2D eigenvalue weighted by atomic mass is 16.7. The molecule has 1 aliphatic rings. The first kappa shape index (κ1) is 21.0. The van der Waals surface area contributed by atoms with Crippen LogP contribution in [0.1, 0.15) is 26.3 Å². The van der Waals surface area contributed by atoms with Crippen molar-refractivity contribution in [2.24, 2.45) is 0 Å². The van der Waals surface area contributed by atoms with Gasteiger partial charge in [-0.1, -0.05) is 0 Å². The number of benzene rings is 3. The first-order chi connectivity index (χ1) is 15.6. The van der Waals surface area contributed by atoms with Gasteiger partial charge < -0.3 is 23.7 Å². The Morgan fingerprint density at radius 3 is 2.28 bits per heavy atom. The van der Waals surface area contributed by atoms with Gasteiger partial charge in [0.25, 0.3) is 0 Å². The number of methoxy groups -OCH3 is 2. The van der Waals surface area contributed by atoms with Crippen LogP contribution in [0.15, 0.2) is 66.7 Å². The smallest absolute Gasteiger partial charge is 0.343 e. The largest absolute Gasteiger partial charge is 0.497 e. The minimum atomic E-state index is -0.533. The third-order valence-corrected chi connectivity index (χ3v) is 4.81. The van der Waals surface area contributed by atoms with Crippen molar-refractivity contribution in [3.05, 3.63) is 83.4 Å². The lowest BCUT2D eigenvalue weighted by Crippen LogP contribution is -2.08. The van der Waals surface area contributed by atoms with Crippen LogP contribution in [0.25, 0.3) is 6.08 Å². The molecule has 0 unspecified atom stereocenters. The fourth-order valence-electron chi connectivity index (χ4n) is 3.09. The maximum Gasteiger partial charge on any atom is 0.343 e. The molecule has 7 nitrogen and oxygen atoms in total. The van der Waals surface area contributed by atoms with Gasteiger partial charge in [0.2, 0.25) is 6.79 Å². The molecule has 3 aromatic carbocycles. The highest BCUT2D eigenvalue weighted by Gasteiger charge is 2.17. The van der Waals surface area contributed by atoms with E-state index in [4.69, 9.17) is 23.7 Å². The summed E-state index contributed by atoms with van der Waals surface area (Å²) in [5.74, 6) is 1.94. The van der Waals surface area contributed by atoms with E-state index in [0.29, 0.717) is 39.9 Å². The van der Waals surface area contributed by atoms with Crippen LogP contribution in [-0.2, 0) is 0 Å². The average molecular weight is 432 g/mol. The van der Waals surface area contributed by atoms with Crippen LogP contribution in [0.5, 0.6) is 28.7 Å². The zero-order valence-electron chi connectivity index (χ0n) is 17.5. The molecule has 7 heteroatoms. The van der Waals surface area contributed by atoms with E-state index in [1.807, 2.05) is 0 Å². The van der Waals surface area contributed by atoms with Gasteiger partial charge in [-0.3, -0.25) is 4.79 Å². The number of ether oxygens (including phenoxy) is 5. The topological polar surface area (TPSA) is 80.3 Å². The second kappa shape index (κ2) is 9.26. The first-order valence-corrected chi connectivity index (χ1v) is 9.73. The van der Waals surface area contributed by atoms with Gasteiger partial charge >= 0.3 is 5.97 Å². The van der Waals surface area contributed by atoms with Crippen molar-refractivity contribution in [3.8, 4) is 28.7 Å². The minimum absolute atomic E-state index is 0.128. The van der Waals surface area contributed by atoms with Gasteiger partial charge in [0.05, 0.1) is 19.8 Å². The summed E-state index contributed by atoms with van der Waals surface area (Å²) in [4.78, 5) is 24.9. The Kier molecular flexibility index (Phi) is 6.07. The van der Waals surface area contributed by atoms with Crippen LogP contribution >= 0.6 is 0 Å². The molecule has 4 rings (SSSR count). The molecule has 0 amide bonds. The summed E-state index contributed by atoms with van der Waals surface area (Å²) in [6, 6.07) is 16.5. The number of hydrogen-bond donors (Lipinski definition) is 0. The predicted octanol–water partition coefficient (Wildman–Crippen LogP) is 4.55. The zero-order valence-corrected chi connectivity index (χ0v) is 17.5. The third-order valence-electron chi connectivity index (χ3n) is 4.81. The highest BCUT2D eigenvalue weighted by molar-refractivity contribution is 6.07. The molecule has 0 saturated carbocycles. The monoisotopic (exact) mass is 432 g/mol. The average Bonchev–Trinajstić information content (AvgIpc) is 3.30. The van der Waals surface area contributed by atoms with Gasteiger partial charge in [-0.25, -0.2) is 4.79 Å². The summed E-state index contributed by atoms with van der Waals surface area (Å²) in [5, 5.41) is 0. The van der Waals surface area contributed by atoms with E-state index in [-0.39, 0.29) is 12.6 Å². The number of ketones is 1. The van der Waals surface area contributed by atoms with Crippen LogP contribution in [-0.4, -0.2) is 32.8 Å². The summed E-state index contributed by atoms with van der Waals surface area (Å²) in [6.45, 7) is 0.128. The number of rotatable bonds is 7. The molecular formula is C25H20O7. The normalized spacial score (nSPS) is 11.9. The Labute approximate surface area is 184 Å². The van der Waals surface area contributed by atoms with E-state index >= 15 is 0 Å². The number of esters is 1. The van der Waals surface area contributed by atoms with E-state index in [1.54, 1.807) is 81.0 Å². The Bertz CT molecular complexity index is 1180. The standard InChI is InChI=1S/C25H20O7/c1-28-20-10-5-17(23(14-20)29-2)6-11-21(26)16-3-8-19(9-4-16)32-25(27)18-7-12-22-24(13-18)31-15-30-22/h3-14H,15H2,1-2H3. The van der Waals surface area contributed by atoms with Gasteiger partial charge in [0.15, 0.2) is 17.3 Å². The van der Waals surface area contributed by atoms with E-state index in [1.165, 1.54) is 6.08 Å². The molecule has 0 bridgehead atoms. The SMILES string of the molecule is COc1ccc(C=CC(=O)c2ccc(OC(=O)c3ccc4c(c3)OCO4)cc2)c(OC)c1. The van der Waals surface area contributed by atoms with Crippen molar-refractivity contribution in [1.29, 1.82) is 0 Å². The number of fused-ring (bicyclic) bond motifs is 1. The molecule has 1 aliphatic heterocycles. The molecule has 162 valence electrons. The molecule has 0 aromatic heterocycles. The van der Waals surface area contributed by atoms with Crippen LogP contribution < -0.4 is 23.7 Å². The number of hydrogen-bond acceptors (Lipinski definition) is 7. The molecule has 0 N–H and O–H groups in total. The lowest BCUT2D eigenvalue weighted by molar-refractivity contribution is 0.0734. The molecule has 0 fully saturated rings. The fraction of sp³-hybridized carbons (Fsp3) is 0.120. The summed E-state index contributed by atoms with van der Waals surface area (Å²) in [6.07, 6.45) is 3.13. The molecule has 1 heterocycles. The molecule has 0 aliphatic carbocycles. The third kappa shape index (κ3) is 4.57. The Hall–Kier alpha value is -4.26. The second-order valence-electron chi connectivity index (χ2n) is 6.79. The van der Waals surface area contributed by atoms with Crippen molar-refractivity contribution in [3.63, 3.8) is 0 Å². The van der Waals surface area contributed by atoms with E-state index in [9.17, 15) is 9.59 Å². The van der Waals surface area contributed by atoms with Gasteiger partial charge in [-0.2, -0.15) is 0 Å². The summed E-state index contributed by atoms with van der Waals surface area (Å²) >= 11 is 0. The van der Waals surface area contributed by atoms with Crippen molar-refractivity contribution < 1.29 is 33.3 Å². The summed E-state index contributed by atoms with van der Waals surface area (Å²) in [7, 11) is 3.13. The van der Waals surface area contributed by atoms with Crippen LogP contribution in [0.2, 0.25) is 0 Å². The first-order valence-electron chi connectivity index (χ1n) is 9.73. The molecule has 0 radical (unpaired) electrons. The van der Waals surface area contributed by atoms with Gasteiger partial charge in [0, 0.05) is 17.2 Å². The Morgan fingerprint density at radius 2 is 1.53 bits per heavy atom. The minimum Gasteiger partial charge on any atom is -0.497 e. The number of allylic oxidation sites excluding steroid dienone is 1. The fourth-order valence-corrected chi connectivity index (χ4v) is 3.09. The van der Waals surface area contributed by atoms with Crippen molar-refractivity contribution >= 4 is 17.8 Å². The van der Waals surface area contributed by atoms with Crippen molar-refractivity contribution in [1.82, 2.24) is 0 Å². The zero-order chi connectivity index (χ0) is 22.5. The van der Waals surface area contributed by atoms with Gasteiger partial charge in [-0.15, -0.1) is 0 Å². The molecular weight excluding hydrogens is 412 g/mol. The lowest BCUT2D eigenvalue weighted by Gasteiger charge is -2.07. The molecule has 0 saturated heterocycles. The van der Waals surface area contributed by atoms with Crippen LogP contribution in [0, 0.1) is 0 Å². The van der Waals surface area contributed by atoms with Crippen molar-refractivity contribution in [2.75, 3.05) is 21.0 Å². The Morgan fingerprint density at radius 1 is 0.812 bits per heavy atom.